The van der Waals surface area contributed by atoms with Crippen LogP contribution in [-0.4, -0.2) is 29.5 Å². The lowest BCUT2D eigenvalue weighted by Crippen LogP contribution is -2.20. The molecule has 0 aromatic carbocycles. The molecule has 17 heavy (non-hydrogen) atoms. The molecule has 0 atom stereocenters. The number of hydrogen-bond donors (Lipinski definition) is 1. The molecule has 0 saturated heterocycles. The summed E-state index contributed by atoms with van der Waals surface area (Å²) in [5.74, 6) is 0.676. The quantitative estimate of drug-likeness (QED) is 0.796. The van der Waals surface area contributed by atoms with Gasteiger partial charge in [0.2, 0.25) is 5.88 Å². The van der Waals surface area contributed by atoms with E-state index in [4.69, 9.17) is 4.74 Å². The Bertz CT molecular complexity index is 334. The third-order valence-corrected chi connectivity index (χ3v) is 1.88. The van der Waals surface area contributed by atoms with Crippen LogP contribution in [0.5, 0.6) is 5.88 Å². The average molecular weight is 245 g/mol. The first-order valence-electron chi connectivity index (χ1n) is 5.50. The van der Waals surface area contributed by atoms with Crippen molar-refractivity contribution in [2.45, 2.75) is 26.8 Å². The van der Waals surface area contributed by atoms with Gasteiger partial charge in [-0.3, -0.25) is 4.98 Å². The molecule has 0 fully saturated rings. The van der Waals surface area contributed by atoms with E-state index in [0.29, 0.717) is 18.2 Å². The largest absolute Gasteiger partial charge is 0.470 e. The van der Waals surface area contributed by atoms with Crippen LogP contribution in [0.3, 0.4) is 0 Å². The molecule has 0 spiro atoms. The molecule has 0 amide bonds. The highest BCUT2D eigenvalue weighted by Gasteiger charge is 2.05. The Morgan fingerprint density at radius 3 is 2.76 bits per heavy atom. The second-order valence-corrected chi connectivity index (χ2v) is 4.08. The van der Waals surface area contributed by atoms with Gasteiger partial charge >= 0.3 is 0 Å². The minimum absolute atomic E-state index is 0.133. The van der Waals surface area contributed by atoms with Gasteiger partial charge in [-0.2, -0.15) is 0 Å². The first-order valence-corrected chi connectivity index (χ1v) is 5.50. The molecule has 6 heteroatoms. The van der Waals surface area contributed by atoms with E-state index in [1.165, 1.54) is 6.20 Å². The fourth-order valence-electron chi connectivity index (χ4n) is 1.18. The smallest absolute Gasteiger partial charge is 0.272 e. The van der Waals surface area contributed by atoms with Crippen LogP contribution < -0.4 is 10.1 Å². The van der Waals surface area contributed by atoms with E-state index in [1.807, 2.05) is 0 Å². The van der Waals surface area contributed by atoms with E-state index in [9.17, 15) is 8.78 Å². The Labute approximate surface area is 99.4 Å². The minimum atomic E-state index is -2.50. The number of halogens is 2. The normalized spacial score (nSPS) is 11.2. The van der Waals surface area contributed by atoms with Gasteiger partial charge in [0.1, 0.15) is 0 Å². The predicted octanol–water partition coefficient (Wildman–Crippen LogP) is 1.87. The van der Waals surface area contributed by atoms with Crippen LogP contribution in [0.25, 0.3) is 0 Å². The zero-order valence-electron chi connectivity index (χ0n) is 9.99. The number of alkyl halides is 2. The fraction of sp³-hybridized carbons (Fsp3) is 0.636. The molecule has 0 aliphatic heterocycles. The van der Waals surface area contributed by atoms with Gasteiger partial charge in [-0.15, -0.1) is 0 Å². The van der Waals surface area contributed by atoms with E-state index in [-0.39, 0.29) is 5.88 Å². The molecule has 1 N–H and O–H groups in total. The Hall–Kier alpha value is -1.30. The van der Waals surface area contributed by atoms with E-state index in [2.05, 4.69) is 29.1 Å². The molecule has 1 heterocycles. The Balaban J connectivity index is 2.42. The molecule has 0 bridgehead atoms. The highest BCUT2D eigenvalue weighted by Crippen LogP contribution is 2.06. The molecular formula is C11H17F2N3O. The summed E-state index contributed by atoms with van der Waals surface area (Å²) < 4.78 is 28.6. The number of aromatic nitrogens is 2. The fourth-order valence-corrected chi connectivity index (χ4v) is 1.18. The standard InChI is InChI=1S/C11H17F2N3O/c1-8(2)3-14-4-9-5-15-6-11(16-9)17-7-10(12)13/h5-6,8,10,14H,3-4,7H2,1-2H3. The van der Waals surface area contributed by atoms with E-state index < -0.39 is 13.0 Å². The van der Waals surface area contributed by atoms with Crippen molar-refractivity contribution >= 4 is 0 Å². The maximum atomic E-state index is 11.9. The summed E-state index contributed by atoms with van der Waals surface area (Å²) >= 11 is 0. The monoisotopic (exact) mass is 245 g/mol. The predicted molar refractivity (Wildman–Crippen MR) is 60.1 cm³/mol. The SMILES string of the molecule is CC(C)CNCc1cncc(OCC(F)F)n1. The van der Waals surface area contributed by atoms with Gasteiger partial charge in [0.25, 0.3) is 6.43 Å². The first-order chi connectivity index (χ1) is 8.08. The highest BCUT2D eigenvalue weighted by atomic mass is 19.3. The number of ether oxygens (including phenoxy) is 1. The third kappa shape index (κ3) is 6.11. The lowest BCUT2D eigenvalue weighted by molar-refractivity contribution is 0.0792. The lowest BCUT2D eigenvalue weighted by Gasteiger charge is -2.08. The van der Waals surface area contributed by atoms with Gasteiger partial charge in [0, 0.05) is 12.7 Å². The van der Waals surface area contributed by atoms with Crippen molar-refractivity contribution in [3.8, 4) is 5.88 Å². The maximum Gasteiger partial charge on any atom is 0.272 e. The molecule has 1 aromatic rings. The third-order valence-electron chi connectivity index (χ3n) is 1.88. The molecular weight excluding hydrogens is 228 g/mol. The van der Waals surface area contributed by atoms with E-state index in [0.717, 1.165) is 6.54 Å². The van der Waals surface area contributed by atoms with Gasteiger partial charge in [-0.1, -0.05) is 13.8 Å². The molecule has 0 aliphatic carbocycles. The molecule has 0 unspecified atom stereocenters. The van der Waals surface area contributed by atoms with Crippen molar-refractivity contribution in [2.75, 3.05) is 13.2 Å². The zero-order valence-corrected chi connectivity index (χ0v) is 9.99. The van der Waals surface area contributed by atoms with E-state index >= 15 is 0 Å². The second-order valence-electron chi connectivity index (χ2n) is 4.08. The van der Waals surface area contributed by atoms with Gasteiger partial charge in [-0.05, 0) is 12.5 Å². The van der Waals surface area contributed by atoms with Crippen LogP contribution in [0.1, 0.15) is 19.5 Å². The molecule has 1 aromatic heterocycles. The number of hydrogen-bond acceptors (Lipinski definition) is 4. The van der Waals surface area contributed by atoms with Gasteiger partial charge in [-0.25, -0.2) is 13.8 Å². The van der Waals surface area contributed by atoms with E-state index in [1.54, 1.807) is 6.20 Å². The molecule has 0 radical (unpaired) electrons. The van der Waals surface area contributed by atoms with Gasteiger partial charge < -0.3 is 10.1 Å². The zero-order chi connectivity index (χ0) is 12.7. The van der Waals surface area contributed by atoms with Crippen molar-refractivity contribution in [3.05, 3.63) is 18.1 Å². The minimum Gasteiger partial charge on any atom is -0.470 e. The molecule has 4 nitrogen and oxygen atoms in total. The molecule has 96 valence electrons. The van der Waals surface area contributed by atoms with Crippen molar-refractivity contribution in [2.24, 2.45) is 5.92 Å². The first kappa shape index (κ1) is 13.8. The Morgan fingerprint density at radius 1 is 1.35 bits per heavy atom. The van der Waals surface area contributed by atoms with Crippen molar-refractivity contribution in [1.82, 2.24) is 15.3 Å². The summed E-state index contributed by atoms with van der Waals surface area (Å²) in [5, 5.41) is 3.19. The lowest BCUT2D eigenvalue weighted by atomic mass is 10.2. The Kier molecular flexibility index (Phi) is 5.76. The molecule has 0 saturated carbocycles. The number of rotatable bonds is 7. The van der Waals surface area contributed by atoms with Crippen LogP contribution in [-0.2, 0) is 6.54 Å². The summed E-state index contributed by atoms with van der Waals surface area (Å²) in [5.41, 5.74) is 0.678. The number of nitrogens with zero attached hydrogens (tertiary/aromatic N) is 2. The highest BCUT2D eigenvalue weighted by molar-refractivity contribution is 5.08. The van der Waals surface area contributed by atoms with Crippen LogP contribution in [0.4, 0.5) is 8.78 Å². The topological polar surface area (TPSA) is 47.0 Å². The average Bonchev–Trinajstić information content (AvgIpc) is 2.26. The summed E-state index contributed by atoms with van der Waals surface area (Å²) in [6, 6.07) is 0. The molecule has 1 rings (SSSR count). The van der Waals surface area contributed by atoms with Crippen LogP contribution in [0, 0.1) is 5.92 Å². The van der Waals surface area contributed by atoms with Gasteiger partial charge in [0.15, 0.2) is 6.61 Å². The van der Waals surface area contributed by atoms with Crippen LogP contribution in [0.15, 0.2) is 12.4 Å². The Morgan fingerprint density at radius 2 is 2.12 bits per heavy atom. The summed E-state index contributed by atoms with van der Waals surface area (Å²) in [7, 11) is 0. The van der Waals surface area contributed by atoms with Crippen molar-refractivity contribution in [1.29, 1.82) is 0 Å². The summed E-state index contributed by atoms with van der Waals surface area (Å²) in [6.07, 6.45) is 0.413. The van der Waals surface area contributed by atoms with Crippen molar-refractivity contribution < 1.29 is 13.5 Å². The summed E-state index contributed by atoms with van der Waals surface area (Å²) in [4.78, 5) is 7.95. The van der Waals surface area contributed by atoms with Crippen LogP contribution in [0.2, 0.25) is 0 Å². The summed E-state index contributed by atoms with van der Waals surface area (Å²) in [6.45, 7) is 4.96. The van der Waals surface area contributed by atoms with Gasteiger partial charge in [0.05, 0.1) is 11.9 Å². The molecule has 0 aliphatic rings. The van der Waals surface area contributed by atoms with Crippen LogP contribution >= 0.6 is 0 Å². The van der Waals surface area contributed by atoms with Crippen molar-refractivity contribution in [3.63, 3.8) is 0 Å². The second kappa shape index (κ2) is 7.11. The maximum absolute atomic E-state index is 11.9. The number of nitrogens with one attached hydrogen (secondary N) is 1.